The molecule has 0 spiro atoms. The minimum absolute atomic E-state index is 0.0228. The van der Waals surface area contributed by atoms with Crippen molar-refractivity contribution in [3.05, 3.63) is 87.6 Å². The van der Waals surface area contributed by atoms with E-state index in [-0.39, 0.29) is 12.5 Å². The van der Waals surface area contributed by atoms with Crippen LogP contribution < -0.4 is 4.74 Å². The number of rotatable bonds is 8. The normalized spacial score (nSPS) is 10.3. The van der Waals surface area contributed by atoms with Crippen LogP contribution in [-0.2, 0) is 17.8 Å². The van der Waals surface area contributed by atoms with E-state index < -0.39 is 0 Å². The van der Waals surface area contributed by atoms with Crippen LogP contribution in [0.25, 0.3) is 0 Å². The summed E-state index contributed by atoms with van der Waals surface area (Å²) in [5, 5.41) is 8.86. The van der Waals surface area contributed by atoms with E-state index in [1.807, 2.05) is 23.1 Å². The van der Waals surface area contributed by atoms with Gasteiger partial charge in [0, 0.05) is 16.3 Å². The number of benzene rings is 2. The van der Waals surface area contributed by atoms with Crippen LogP contribution in [0.3, 0.4) is 0 Å². The van der Waals surface area contributed by atoms with E-state index in [9.17, 15) is 4.79 Å². The zero-order valence-corrected chi connectivity index (χ0v) is 16.6. The van der Waals surface area contributed by atoms with E-state index in [1.54, 1.807) is 35.6 Å². The Morgan fingerprint density at radius 2 is 1.82 bits per heavy atom. The molecule has 1 amide bonds. The monoisotopic (exact) mass is 390 g/mol. The van der Waals surface area contributed by atoms with Gasteiger partial charge in [-0.15, -0.1) is 11.3 Å². The Hall–Kier alpha value is -3.10. The number of aryl methyl sites for hydroxylation is 1. The first-order chi connectivity index (χ1) is 13.6. The molecule has 1 heterocycles. The molecular weight excluding hydrogens is 368 g/mol. The van der Waals surface area contributed by atoms with Crippen molar-refractivity contribution >= 4 is 17.2 Å². The molecule has 0 aliphatic heterocycles. The zero-order valence-electron chi connectivity index (χ0n) is 15.8. The Labute approximate surface area is 169 Å². The predicted molar refractivity (Wildman–Crippen MR) is 111 cm³/mol. The van der Waals surface area contributed by atoms with Gasteiger partial charge in [-0.25, -0.2) is 0 Å². The number of amides is 1. The highest BCUT2D eigenvalue weighted by Crippen LogP contribution is 2.18. The minimum atomic E-state index is -0.0497. The molecule has 0 unspecified atom stereocenters. The summed E-state index contributed by atoms with van der Waals surface area (Å²) in [4.78, 5) is 17.1. The van der Waals surface area contributed by atoms with Gasteiger partial charge in [0.25, 0.3) is 5.91 Å². The fourth-order valence-electron chi connectivity index (χ4n) is 2.82. The lowest BCUT2D eigenvalue weighted by atomic mass is 10.1. The van der Waals surface area contributed by atoms with Crippen LogP contribution in [0.15, 0.2) is 66.7 Å². The van der Waals surface area contributed by atoms with Crippen molar-refractivity contribution < 1.29 is 9.53 Å². The molecule has 3 aromatic rings. The topological polar surface area (TPSA) is 53.3 Å². The van der Waals surface area contributed by atoms with E-state index in [1.165, 1.54) is 10.4 Å². The number of hydrogen-bond acceptors (Lipinski definition) is 4. The third kappa shape index (κ3) is 5.70. The highest BCUT2D eigenvalue weighted by molar-refractivity contribution is 7.11. The van der Waals surface area contributed by atoms with Crippen molar-refractivity contribution in [2.24, 2.45) is 0 Å². The third-order valence-corrected chi connectivity index (χ3v) is 5.34. The molecule has 0 radical (unpaired) electrons. The Morgan fingerprint density at radius 3 is 2.46 bits per heavy atom. The quantitative estimate of drug-likeness (QED) is 0.566. The first-order valence-corrected chi connectivity index (χ1v) is 9.95. The summed E-state index contributed by atoms with van der Waals surface area (Å²) in [5.41, 5.74) is 1.77. The summed E-state index contributed by atoms with van der Waals surface area (Å²) in [7, 11) is 0. The van der Waals surface area contributed by atoms with Gasteiger partial charge in [0.15, 0.2) is 6.61 Å². The molecule has 28 heavy (non-hydrogen) atoms. The molecule has 5 heteroatoms. The highest BCUT2D eigenvalue weighted by Gasteiger charge is 2.16. The van der Waals surface area contributed by atoms with Crippen LogP contribution in [0.1, 0.15) is 20.9 Å². The lowest BCUT2D eigenvalue weighted by Gasteiger charge is -2.22. The van der Waals surface area contributed by atoms with E-state index in [0.29, 0.717) is 24.4 Å². The molecule has 0 saturated heterocycles. The Kier molecular flexibility index (Phi) is 6.83. The number of ether oxygens (including phenoxy) is 1. The molecule has 2 aromatic carbocycles. The van der Waals surface area contributed by atoms with Crippen molar-refractivity contribution in [1.29, 1.82) is 5.26 Å². The zero-order chi connectivity index (χ0) is 19.8. The maximum absolute atomic E-state index is 12.8. The van der Waals surface area contributed by atoms with Gasteiger partial charge in [0.2, 0.25) is 0 Å². The summed E-state index contributed by atoms with van der Waals surface area (Å²) >= 11 is 1.71. The lowest BCUT2D eigenvalue weighted by Crippen LogP contribution is -2.35. The van der Waals surface area contributed by atoms with E-state index in [2.05, 4.69) is 37.3 Å². The summed E-state index contributed by atoms with van der Waals surface area (Å²) < 4.78 is 5.65. The lowest BCUT2D eigenvalue weighted by molar-refractivity contribution is -0.133. The highest BCUT2D eigenvalue weighted by atomic mass is 32.1. The molecule has 0 bridgehead atoms. The minimum Gasteiger partial charge on any atom is -0.484 e. The second-order valence-corrected chi connectivity index (χ2v) is 7.86. The van der Waals surface area contributed by atoms with Crippen LogP contribution in [0, 0.1) is 18.3 Å². The van der Waals surface area contributed by atoms with Gasteiger partial charge in [-0.3, -0.25) is 4.79 Å². The fourth-order valence-corrected chi connectivity index (χ4v) is 3.73. The van der Waals surface area contributed by atoms with Crippen LogP contribution in [0.5, 0.6) is 5.75 Å². The second-order valence-electron chi connectivity index (χ2n) is 6.49. The molecule has 4 nitrogen and oxygen atoms in total. The van der Waals surface area contributed by atoms with Crippen molar-refractivity contribution in [3.63, 3.8) is 0 Å². The van der Waals surface area contributed by atoms with Crippen LogP contribution in [0.4, 0.5) is 0 Å². The molecule has 0 aliphatic rings. The molecule has 0 aliphatic carbocycles. The number of thiophene rings is 1. The van der Waals surface area contributed by atoms with Gasteiger partial charge in [0.05, 0.1) is 18.2 Å². The van der Waals surface area contributed by atoms with Gasteiger partial charge in [0.1, 0.15) is 5.75 Å². The van der Waals surface area contributed by atoms with Crippen molar-refractivity contribution in [3.8, 4) is 11.8 Å². The van der Waals surface area contributed by atoms with Gasteiger partial charge in [-0.2, -0.15) is 5.26 Å². The number of carbonyl (C=O) groups excluding carboxylic acids is 1. The first kappa shape index (κ1) is 19.7. The smallest absolute Gasteiger partial charge is 0.260 e. The van der Waals surface area contributed by atoms with E-state index in [0.717, 1.165) is 11.3 Å². The van der Waals surface area contributed by atoms with Crippen LogP contribution in [-0.4, -0.2) is 24.0 Å². The first-order valence-electron chi connectivity index (χ1n) is 9.14. The molecule has 0 fully saturated rings. The largest absolute Gasteiger partial charge is 0.484 e. The van der Waals surface area contributed by atoms with E-state index >= 15 is 0 Å². The summed E-state index contributed by atoms with van der Waals surface area (Å²) in [6.07, 6.45) is 0.799. The van der Waals surface area contributed by atoms with Gasteiger partial charge >= 0.3 is 0 Å². The molecule has 0 saturated carbocycles. The number of nitriles is 1. The predicted octanol–water partition coefficient (Wildman–Crippen LogP) is 4.58. The average Bonchev–Trinajstić information content (AvgIpc) is 3.15. The van der Waals surface area contributed by atoms with Gasteiger partial charge in [-0.1, -0.05) is 30.3 Å². The Balaban J connectivity index is 1.63. The summed E-state index contributed by atoms with van der Waals surface area (Å²) in [5.74, 6) is 0.536. The molecule has 3 rings (SSSR count). The van der Waals surface area contributed by atoms with Crippen molar-refractivity contribution in [2.45, 2.75) is 19.9 Å². The SMILES string of the molecule is Cc1ccc(CN(CCc2ccccc2)C(=O)COc2ccc(C#N)cc2)s1. The Morgan fingerprint density at radius 1 is 1.07 bits per heavy atom. The van der Waals surface area contributed by atoms with Crippen molar-refractivity contribution in [1.82, 2.24) is 4.90 Å². The van der Waals surface area contributed by atoms with Gasteiger partial charge < -0.3 is 9.64 Å². The maximum Gasteiger partial charge on any atom is 0.260 e. The van der Waals surface area contributed by atoms with Crippen LogP contribution >= 0.6 is 11.3 Å². The number of hydrogen-bond donors (Lipinski definition) is 0. The third-order valence-electron chi connectivity index (χ3n) is 4.35. The summed E-state index contributed by atoms with van der Waals surface area (Å²) in [6.45, 7) is 3.26. The maximum atomic E-state index is 12.8. The fraction of sp³-hybridized carbons (Fsp3) is 0.217. The molecule has 142 valence electrons. The molecule has 1 aromatic heterocycles. The number of carbonyl (C=O) groups is 1. The number of nitrogens with zero attached hydrogens (tertiary/aromatic N) is 2. The summed E-state index contributed by atoms with van der Waals surface area (Å²) in [6, 6.07) is 23.2. The molecule has 0 atom stereocenters. The second kappa shape index (κ2) is 9.72. The van der Waals surface area contributed by atoms with Crippen molar-refractivity contribution in [2.75, 3.05) is 13.2 Å². The van der Waals surface area contributed by atoms with Gasteiger partial charge in [-0.05, 0) is 55.3 Å². The van der Waals surface area contributed by atoms with Crippen LogP contribution in [0.2, 0.25) is 0 Å². The molecule has 0 N–H and O–H groups in total. The average molecular weight is 391 g/mol. The van der Waals surface area contributed by atoms with E-state index in [4.69, 9.17) is 10.00 Å². The Bertz CT molecular complexity index is 943. The standard InChI is InChI=1S/C23H22N2O2S/c1-18-7-12-22(28-18)16-25(14-13-19-5-3-2-4-6-19)23(26)17-27-21-10-8-20(15-24)9-11-21/h2-12H,13-14,16-17H2,1H3. The molecular formula is C23H22N2O2S.